The maximum Gasteiger partial charge on any atom is 0.416 e. The maximum atomic E-state index is 13.0. The number of fused-ring (bicyclic) bond motifs is 1. The van der Waals surface area contributed by atoms with Crippen LogP contribution in [-0.4, -0.2) is 39.8 Å². The van der Waals surface area contributed by atoms with E-state index in [0.717, 1.165) is 43.5 Å². The second-order valence-corrected chi connectivity index (χ2v) is 10.7. The van der Waals surface area contributed by atoms with Crippen LogP contribution in [0, 0.1) is 5.92 Å². The van der Waals surface area contributed by atoms with E-state index in [1.165, 1.54) is 6.07 Å². The number of ether oxygens (including phenoxy) is 1. The van der Waals surface area contributed by atoms with Gasteiger partial charge < -0.3 is 25.7 Å². The van der Waals surface area contributed by atoms with Gasteiger partial charge in [-0.05, 0) is 54.8 Å². The summed E-state index contributed by atoms with van der Waals surface area (Å²) in [5, 5.41) is 8.66. The van der Waals surface area contributed by atoms with Gasteiger partial charge in [0.05, 0.1) is 26.8 Å². The lowest BCUT2D eigenvalue weighted by Crippen LogP contribution is -2.34. The minimum absolute atomic E-state index is 0.00167. The van der Waals surface area contributed by atoms with Gasteiger partial charge in [-0.25, -0.2) is 8.78 Å². The SMILES string of the molecule is O=C(Nc1ccc(C(F)(F)F)cc1)c1cc2[nH]c(Nc3c(Cl)ccc(CNC(=O)C4CCC4)c3Cl)nc2nc1OCC(F)F. The van der Waals surface area contributed by atoms with Crippen LogP contribution in [0.1, 0.15) is 40.7 Å². The van der Waals surface area contributed by atoms with E-state index in [0.29, 0.717) is 5.56 Å². The van der Waals surface area contributed by atoms with Gasteiger partial charge in [0, 0.05) is 18.2 Å². The Morgan fingerprint density at radius 3 is 2.43 bits per heavy atom. The first kappa shape index (κ1) is 31.3. The molecule has 1 fully saturated rings. The van der Waals surface area contributed by atoms with Gasteiger partial charge in [-0.1, -0.05) is 35.7 Å². The smallest absolute Gasteiger partial charge is 0.416 e. The topological polar surface area (TPSA) is 121 Å². The average Bonchev–Trinajstić information content (AvgIpc) is 3.33. The number of aromatic nitrogens is 3. The Kier molecular flexibility index (Phi) is 9.11. The van der Waals surface area contributed by atoms with Crippen molar-refractivity contribution < 1.29 is 36.3 Å². The molecule has 0 aliphatic heterocycles. The second-order valence-electron chi connectivity index (χ2n) is 9.90. The number of carbonyl (C=O) groups is 2. The molecule has 0 spiro atoms. The molecule has 0 radical (unpaired) electrons. The molecule has 1 aliphatic rings. The van der Waals surface area contributed by atoms with E-state index < -0.39 is 36.6 Å². The number of hydrogen-bond donors (Lipinski definition) is 4. The molecule has 2 aromatic carbocycles. The summed E-state index contributed by atoms with van der Waals surface area (Å²) in [6.07, 6.45) is -4.74. The van der Waals surface area contributed by atoms with Crippen molar-refractivity contribution in [1.29, 1.82) is 0 Å². The van der Waals surface area contributed by atoms with Crippen molar-refractivity contribution in [3.8, 4) is 5.88 Å². The zero-order chi connectivity index (χ0) is 31.6. The highest BCUT2D eigenvalue weighted by Gasteiger charge is 2.30. The number of pyridine rings is 1. The highest BCUT2D eigenvalue weighted by atomic mass is 35.5. The Labute approximate surface area is 256 Å². The number of anilines is 3. The lowest BCUT2D eigenvalue weighted by Gasteiger charge is -2.24. The summed E-state index contributed by atoms with van der Waals surface area (Å²) >= 11 is 13.0. The number of carbonyl (C=O) groups excluding carboxylic acids is 2. The van der Waals surface area contributed by atoms with E-state index in [1.54, 1.807) is 12.1 Å². The Balaban J connectivity index is 1.39. The monoisotopic (exact) mass is 656 g/mol. The molecule has 1 saturated carbocycles. The van der Waals surface area contributed by atoms with E-state index in [-0.39, 0.29) is 62.5 Å². The first-order chi connectivity index (χ1) is 20.9. The number of rotatable bonds is 10. The van der Waals surface area contributed by atoms with Gasteiger partial charge in [-0.3, -0.25) is 9.59 Å². The van der Waals surface area contributed by atoms with Crippen molar-refractivity contribution in [3.05, 3.63) is 69.2 Å². The van der Waals surface area contributed by atoms with Crippen LogP contribution in [0.2, 0.25) is 10.0 Å². The minimum atomic E-state index is -4.57. The van der Waals surface area contributed by atoms with Crippen molar-refractivity contribution in [2.24, 2.45) is 5.92 Å². The summed E-state index contributed by atoms with van der Waals surface area (Å²) in [4.78, 5) is 36.6. The van der Waals surface area contributed by atoms with Gasteiger partial charge in [-0.2, -0.15) is 23.1 Å². The van der Waals surface area contributed by atoms with Crippen LogP contribution < -0.4 is 20.7 Å². The number of benzene rings is 2. The third-order valence-corrected chi connectivity index (χ3v) is 7.59. The van der Waals surface area contributed by atoms with Gasteiger partial charge in [0.1, 0.15) is 5.56 Å². The molecule has 16 heteroatoms. The minimum Gasteiger partial charge on any atom is -0.471 e. The van der Waals surface area contributed by atoms with E-state index in [1.807, 2.05) is 0 Å². The van der Waals surface area contributed by atoms with Gasteiger partial charge in [-0.15, -0.1) is 0 Å². The molecule has 2 amide bonds. The van der Waals surface area contributed by atoms with Crippen LogP contribution in [0.4, 0.5) is 39.3 Å². The number of nitrogens with zero attached hydrogens (tertiary/aromatic N) is 2. The number of hydrogen-bond acceptors (Lipinski definition) is 6. The Morgan fingerprint density at radius 1 is 1.07 bits per heavy atom. The second kappa shape index (κ2) is 12.8. The number of halogens is 7. The molecule has 2 aromatic heterocycles. The van der Waals surface area contributed by atoms with Crippen LogP contribution in [0.3, 0.4) is 0 Å². The van der Waals surface area contributed by atoms with E-state index in [4.69, 9.17) is 27.9 Å². The molecule has 0 atom stereocenters. The van der Waals surface area contributed by atoms with Crippen LogP contribution in [0.5, 0.6) is 5.88 Å². The number of nitrogens with one attached hydrogen (secondary N) is 4. The summed E-state index contributed by atoms with van der Waals surface area (Å²) in [5.74, 6) is -1.33. The fourth-order valence-corrected chi connectivity index (χ4v) is 4.83. The first-order valence-corrected chi connectivity index (χ1v) is 14.0. The van der Waals surface area contributed by atoms with Crippen molar-refractivity contribution >= 4 is 63.5 Å². The van der Waals surface area contributed by atoms with Gasteiger partial charge in [0.2, 0.25) is 17.7 Å². The lowest BCUT2D eigenvalue weighted by molar-refractivity contribution is -0.137. The Hall–Kier alpha value is -4.17. The molecule has 0 saturated heterocycles. The number of imidazole rings is 1. The Morgan fingerprint density at radius 2 is 1.80 bits per heavy atom. The normalized spacial score (nSPS) is 13.5. The number of H-pyrrole nitrogens is 1. The Bertz CT molecular complexity index is 1690. The average molecular weight is 657 g/mol. The quantitative estimate of drug-likeness (QED) is 0.133. The highest BCUT2D eigenvalue weighted by molar-refractivity contribution is 6.39. The number of aromatic amines is 1. The molecule has 0 bridgehead atoms. The first-order valence-electron chi connectivity index (χ1n) is 13.2. The fourth-order valence-electron chi connectivity index (χ4n) is 4.30. The number of amides is 2. The molecular weight excluding hydrogens is 634 g/mol. The third kappa shape index (κ3) is 7.13. The van der Waals surface area contributed by atoms with Crippen molar-refractivity contribution in [2.45, 2.75) is 38.4 Å². The fraction of sp³-hybridized carbons (Fsp3) is 0.286. The molecule has 5 rings (SSSR count). The third-order valence-electron chi connectivity index (χ3n) is 6.84. The van der Waals surface area contributed by atoms with Crippen molar-refractivity contribution in [3.63, 3.8) is 0 Å². The van der Waals surface area contributed by atoms with E-state index in [2.05, 4.69) is 30.9 Å². The molecule has 232 valence electrons. The zero-order valence-electron chi connectivity index (χ0n) is 22.5. The maximum absolute atomic E-state index is 13.0. The summed E-state index contributed by atoms with van der Waals surface area (Å²) in [6.45, 7) is -0.909. The molecule has 2 heterocycles. The predicted octanol–water partition coefficient (Wildman–Crippen LogP) is 7.34. The molecule has 4 aromatic rings. The zero-order valence-corrected chi connectivity index (χ0v) is 24.0. The van der Waals surface area contributed by atoms with Crippen LogP contribution in [0.25, 0.3) is 11.2 Å². The van der Waals surface area contributed by atoms with Crippen molar-refractivity contribution in [1.82, 2.24) is 20.3 Å². The van der Waals surface area contributed by atoms with Gasteiger partial charge in [0.25, 0.3) is 12.3 Å². The summed E-state index contributed by atoms with van der Waals surface area (Å²) in [7, 11) is 0. The highest BCUT2D eigenvalue weighted by Crippen LogP contribution is 2.36. The summed E-state index contributed by atoms with van der Waals surface area (Å²) < 4.78 is 69.6. The summed E-state index contributed by atoms with van der Waals surface area (Å²) in [6, 6.07) is 8.16. The molecule has 1 aliphatic carbocycles. The van der Waals surface area contributed by atoms with Crippen LogP contribution in [0.15, 0.2) is 42.5 Å². The molecular formula is C28H23Cl2F5N6O3. The van der Waals surface area contributed by atoms with E-state index in [9.17, 15) is 31.5 Å². The molecule has 4 N–H and O–H groups in total. The molecule has 9 nitrogen and oxygen atoms in total. The van der Waals surface area contributed by atoms with Crippen LogP contribution >= 0.6 is 23.2 Å². The molecule has 44 heavy (non-hydrogen) atoms. The summed E-state index contributed by atoms with van der Waals surface area (Å²) in [5.41, 5.74) is -0.162. The van der Waals surface area contributed by atoms with E-state index >= 15 is 0 Å². The predicted molar refractivity (Wildman–Crippen MR) is 154 cm³/mol. The molecule has 0 unspecified atom stereocenters. The van der Waals surface area contributed by atoms with Gasteiger partial charge in [0.15, 0.2) is 12.3 Å². The largest absolute Gasteiger partial charge is 0.471 e. The van der Waals surface area contributed by atoms with Gasteiger partial charge >= 0.3 is 6.18 Å². The lowest BCUT2D eigenvalue weighted by atomic mass is 9.85. The standard InChI is InChI=1S/C28H23Cl2F5N6O3/c29-18-9-4-14(11-36-24(42)13-2-1-3-13)21(30)22(18)39-27-38-19-10-17(26(40-23(19)41-27)44-12-20(31)32)25(43)37-16-7-5-15(6-8-16)28(33,34)35/h4-10,13,20H,1-3,11-12H2,(H,36,42)(H,37,43)(H2,38,39,40,41). The number of alkyl halides is 5. The van der Waals surface area contributed by atoms with Crippen LogP contribution in [-0.2, 0) is 17.5 Å². The van der Waals surface area contributed by atoms with Crippen molar-refractivity contribution in [2.75, 3.05) is 17.2 Å².